The maximum Gasteiger partial charge on any atom is 0.191 e. The second-order valence-electron chi connectivity index (χ2n) is 7.63. The number of hydrogen-bond donors (Lipinski definition) is 2. The average molecular weight is 394 g/mol. The highest BCUT2D eigenvalue weighted by Crippen LogP contribution is 2.44. The van der Waals surface area contributed by atoms with E-state index >= 15 is 0 Å². The second kappa shape index (κ2) is 8.50. The number of nitrogens with zero attached hydrogens (tertiary/aromatic N) is 1. The molecule has 7 heteroatoms. The predicted molar refractivity (Wildman–Crippen MR) is 109 cm³/mol. The summed E-state index contributed by atoms with van der Waals surface area (Å²) in [5.74, 6) is 2.08. The molecule has 6 nitrogen and oxygen atoms in total. The van der Waals surface area contributed by atoms with Crippen molar-refractivity contribution < 1.29 is 13.2 Å². The zero-order valence-corrected chi connectivity index (χ0v) is 17.1. The van der Waals surface area contributed by atoms with Crippen LogP contribution in [0.2, 0.25) is 0 Å². The fraction of sp³-hybridized carbons (Fsp3) is 0.650. The highest BCUT2D eigenvalue weighted by Gasteiger charge is 2.38. The Kier molecular flexibility index (Phi) is 6.29. The summed E-state index contributed by atoms with van der Waals surface area (Å²) in [7, 11) is -1.19. The Bertz CT molecular complexity index is 770. The first-order valence-electron chi connectivity index (χ1n) is 9.87. The van der Waals surface area contributed by atoms with Crippen LogP contribution in [0.3, 0.4) is 0 Å². The molecule has 2 fully saturated rings. The standard InChI is InChI=1S/C20H31N3O3S/c1-3-21-19(23-16-10-13-27(24,25)14-16)22-15-20(11-6-7-12-20)17-8-4-5-9-18(17)26-2/h4-5,8-9,16H,3,6-7,10-15H2,1-2H3,(H2,21,22,23). The number of hydrogen-bond acceptors (Lipinski definition) is 4. The first-order chi connectivity index (χ1) is 13.0. The van der Waals surface area contributed by atoms with Gasteiger partial charge in [-0.25, -0.2) is 8.42 Å². The SMILES string of the molecule is CCNC(=NCC1(c2ccccc2OC)CCCC1)NC1CCS(=O)(=O)C1. The van der Waals surface area contributed by atoms with Gasteiger partial charge >= 0.3 is 0 Å². The van der Waals surface area contributed by atoms with Crippen molar-refractivity contribution >= 4 is 15.8 Å². The molecule has 1 heterocycles. The number of guanidine groups is 1. The quantitative estimate of drug-likeness (QED) is 0.572. The van der Waals surface area contributed by atoms with Gasteiger partial charge in [-0.3, -0.25) is 4.99 Å². The van der Waals surface area contributed by atoms with Gasteiger partial charge in [0.05, 0.1) is 25.2 Å². The van der Waals surface area contributed by atoms with Crippen LogP contribution in [0.15, 0.2) is 29.3 Å². The van der Waals surface area contributed by atoms with Gasteiger partial charge in [-0.15, -0.1) is 0 Å². The molecule has 1 aromatic carbocycles. The summed E-state index contributed by atoms with van der Waals surface area (Å²) in [6.45, 7) is 3.43. The highest BCUT2D eigenvalue weighted by atomic mass is 32.2. The fourth-order valence-electron chi connectivity index (χ4n) is 4.30. The second-order valence-corrected chi connectivity index (χ2v) is 9.86. The molecule has 1 aliphatic heterocycles. The summed E-state index contributed by atoms with van der Waals surface area (Å²) < 4.78 is 29.1. The summed E-state index contributed by atoms with van der Waals surface area (Å²) in [4.78, 5) is 4.87. The molecule has 0 bridgehead atoms. The smallest absolute Gasteiger partial charge is 0.191 e. The third kappa shape index (κ3) is 4.75. The van der Waals surface area contributed by atoms with Crippen LogP contribution in [0, 0.1) is 0 Å². The normalized spacial score (nSPS) is 23.9. The number of rotatable bonds is 6. The molecule has 0 aromatic heterocycles. The van der Waals surface area contributed by atoms with Crippen LogP contribution in [0.25, 0.3) is 0 Å². The predicted octanol–water partition coefficient (Wildman–Crippen LogP) is 2.25. The Labute approximate surface area is 162 Å². The number of nitrogens with one attached hydrogen (secondary N) is 2. The molecule has 2 aliphatic rings. The van der Waals surface area contributed by atoms with Crippen molar-refractivity contribution in [2.24, 2.45) is 4.99 Å². The van der Waals surface area contributed by atoms with Crippen molar-refractivity contribution in [2.75, 3.05) is 31.7 Å². The van der Waals surface area contributed by atoms with Crippen LogP contribution in [-0.2, 0) is 15.3 Å². The third-order valence-corrected chi connectivity index (χ3v) is 7.46. The van der Waals surface area contributed by atoms with Crippen LogP contribution >= 0.6 is 0 Å². The maximum atomic E-state index is 11.7. The van der Waals surface area contributed by atoms with Gasteiger partial charge in [0.1, 0.15) is 5.75 Å². The van der Waals surface area contributed by atoms with E-state index in [1.165, 1.54) is 18.4 Å². The molecule has 1 unspecified atom stereocenters. The number of benzene rings is 1. The van der Waals surface area contributed by atoms with E-state index in [1.54, 1.807) is 7.11 Å². The van der Waals surface area contributed by atoms with Gasteiger partial charge in [-0.05, 0) is 32.3 Å². The summed E-state index contributed by atoms with van der Waals surface area (Å²) in [5, 5.41) is 6.59. The summed E-state index contributed by atoms with van der Waals surface area (Å²) in [6, 6.07) is 8.18. The summed E-state index contributed by atoms with van der Waals surface area (Å²) in [6.07, 6.45) is 5.21. The van der Waals surface area contributed by atoms with Crippen LogP contribution < -0.4 is 15.4 Å². The van der Waals surface area contributed by atoms with Crippen molar-refractivity contribution in [3.63, 3.8) is 0 Å². The molecule has 1 aliphatic carbocycles. The van der Waals surface area contributed by atoms with Gasteiger partial charge in [-0.1, -0.05) is 31.0 Å². The zero-order valence-electron chi connectivity index (χ0n) is 16.3. The van der Waals surface area contributed by atoms with E-state index < -0.39 is 9.84 Å². The van der Waals surface area contributed by atoms with Gasteiger partial charge in [-0.2, -0.15) is 0 Å². The average Bonchev–Trinajstić information content (AvgIpc) is 3.27. The van der Waals surface area contributed by atoms with E-state index in [4.69, 9.17) is 9.73 Å². The Hall–Kier alpha value is -1.76. The molecule has 27 heavy (non-hydrogen) atoms. The van der Waals surface area contributed by atoms with Crippen molar-refractivity contribution in [3.05, 3.63) is 29.8 Å². The van der Waals surface area contributed by atoms with Crippen molar-refractivity contribution in [1.82, 2.24) is 10.6 Å². The van der Waals surface area contributed by atoms with Crippen molar-refractivity contribution in [1.29, 1.82) is 0 Å². The zero-order chi connectivity index (χ0) is 19.3. The number of methoxy groups -OCH3 is 1. The Morgan fingerprint density at radius 3 is 2.67 bits per heavy atom. The molecule has 1 aromatic rings. The molecule has 1 saturated heterocycles. The molecule has 150 valence electrons. The first kappa shape index (κ1) is 20.0. The minimum Gasteiger partial charge on any atom is -0.496 e. The molecule has 1 saturated carbocycles. The molecule has 0 spiro atoms. The van der Waals surface area contributed by atoms with E-state index in [1.807, 2.05) is 19.1 Å². The Balaban J connectivity index is 1.80. The van der Waals surface area contributed by atoms with Crippen LogP contribution in [0.1, 0.15) is 44.6 Å². The van der Waals surface area contributed by atoms with Gasteiger partial charge in [0.25, 0.3) is 0 Å². The van der Waals surface area contributed by atoms with Gasteiger partial charge in [0, 0.05) is 23.6 Å². The summed E-state index contributed by atoms with van der Waals surface area (Å²) >= 11 is 0. The number of sulfone groups is 1. The van der Waals surface area contributed by atoms with Crippen molar-refractivity contribution in [2.45, 2.75) is 50.5 Å². The topological polar surface area (TPSA) is 79.8 Å². The first-order valence-corrected chi connectivity index (χ1v) is 11.7. The van der Waals surface area contributed by atoms with E-state index in [9.17, 15) is 8.42 Å². The summed E-state index contributed by atoms with van der Waals surface area (Å²) in [5.41, 5.74) is 1.21. The Morgan fingerprint density at radius 2 is 2.04 bits per heavy atom. The van der Waals surface area contributed by atoms with E-state index in [-0.39, 0.29) is 23.0 Å². The van der Waals surface area contributed by atoms with Crippen LogP contribution in [0.4, 0.5) is 0 Å². The number of aliphatic imine (C=N–C) groups is 1. The lowest BCUT2D eigenvalue weighted by Gasteiger charge is -2.30. The lowest BCUT2D eigenvalue weighted by atomic mass is 9.78. The molecular weight excluding hydrogens is 362 g/mol. The van der Waals surface area contributed by atoms with Crippen LogP contribution in [0.5, 0.6) is 5.75 Å². The molecule has 3 rings (SSSR count). The lowest BCUT2D eigenvalue weighted by molar-refractivity contribution is 0.377. The molecular formula is C20H31N3O3S. The largest absolute Gasteiger partial charge is 0.496 e. The van der Waals surface area contributed by atoms with E-state index in [2.05, 4.69) is 22.8 Å². The minimum atomic E-state index is -2.91. The minimum absolute atomic E-state index is 0.0172. The van der Waals surface area contributed by atoms with Crippen molar-refractivity contribution in [3.8, 4) is 5.75 Å². The molecule has 0 radical (unpaired) electrons. The fourth-order valence-corrected chi connectivity index (χ4v) is 5.97. The molecule has 0 amide bonds. The Morgan fingerprint density at radius 1 is 1.30 bits per heavy atom. The monoisotopic (exact) mass is 393 g/mol. The van der Waals surface area contributed by atoms with Gasteiger partial charge in [0.15, 0.2) is 15.8 Å². The van der Waals surface area contributed by atoms with Gasteiger partial charge in [0.2, 0.25) is 0 Å². The van der Waals surface area contributed by atoms with E-state index in [0.717, 1.165) is 25.1 Å². The van der Waals surface area contributed by atoms with E-state index in [0.29, 0.717) is 18.9 Å². The maximum absolute atomic E-state index is 11.7. The van der Waals surface area contributed by atoms with Gasteiger partial charge < -0.3 is 15.4 Å². The van der Waals surface area contributed by atoms with Crippen LogP contribution in [-0.4, -0.2) is 52.1 Å². The third-order valence-electron chi connectivity index (χ3n) is 5.70. The number of para-hydroxylation sites is 1. The lowest BCUT2D eigenvalue weighted by Crippen LogP contribution is -2.44. The number of ether oxygens (including phenoxy) is 1. The highest BCUT2D eigenvalue weighted by molar-refractivity contribution is 7.91. The molecule has 1 atom stereocenters. The molecule has 2 N–H and O–H groups in total.